The zero-order valence-electron chi connectivity index (χ0n) is 12.6. The molecule has 116 valence electrons. The Morgan fingerprint density at radius 2 is 1.82 bits per heavy atom. The van der Waals surface area contributed by atoms with Crippen LogP contribution in [-0.4, -0.2) is 38.6 Å². The van der Waals surface area contributed by atoms with E-state index in [9.17, 15) is 9.59 Å². The summed E-state index contributed by atoms with van der Waals surface area (Å²) in [5.74, 6) is -0.456. The molecule has 2 N–H and O–H groups in total. The quantitative estimate of drug-likeness (QED) is 0.765. The van der Waals surface area contributed by atoms with Crippen LogP contribution in [0.2, 0.25) is 0 Å². The Balaban J connectivity index is 1.84. The molecule has 2 aromatic carbocycles. The molecule has 0 bridgehead atoms. The van der Waals surface area contributed by atoms with Gasteiger partial charge in [0, 0.05) is 25.8 Å². The molecule has 0 fully saturated rings. The van der Waals surface area contributed by atoms with Crippen LogP contribution in [0.1, 0.15) is 16.8 Å². The van der Waals surface area contributed by atoms with Crippen molar-refractivity contribution in [3.8, 4) is 0 Å². The number of carbonyl (C=O) groups is 2. The lowest BCUT2D eigenvalue weighted by Gasteiger charge is -2.07. The minimum atomic E-state index is -0.252. The number of carbonyl (C=O) groups excluding carboxylic acids is 2. The normalized spacial score (nSPS) is 10.4. The van der Waals surface area contributed by atoms with Gasteiger partial charge in [0.05, 0.1) is 6.54 Å². The van der Waals surface area contributed by atoms with E-state index in [0.717, 1.165) is 17.2 Å². The Hall–Kier alpha value is -2.40. The van der Waals surface area contributed by atoms with Crippen molar-refractivity contribution >= 4 is 22.6 Å². The van der Waals surface area contributed by atoms with Crippen LogP contribution in [0.5, 0.6) is 0 Å². The second kappa shape index (κ2) is 8.14. The van der Waals surface area contributed by atoms with Gasteiger partial charge in [-0.2, -0.15) is 0 Å². The van der Waals surface area contributed by atoms with Gasteiger partial charge in [0.25, 0.3) is 5.91 Å². The van der Waals surface area contributed by atoms with Crippen LogP contribution in [-0.2, 0) is 9.53 Å². The number of methoxy groups -OCH3 is 1. The van der Waals surface area contributed by atoms with Crippen molar-refractivity contribution in [1.29, 1.82) is 0 Å². The number of fused-ring (bicyclic) bond motifs is 1. The predicted octanol–water partition coefficient (Wildman–Crippen LogP) is 1.72. The van der Waals surface area contributed by atoms with E-state index in [0.29, 0.717) is 18.7 Å². The summed E-state index contributed by atoms with van der Waals surface area (Å²) in [7, 11) is 1.62. The first-order valence-corrected chi connectivity index (χ1v) is 7.23. The molecule has 0 aliphatic carbocycles. The number of ether oxygens (including phenoxy) is 1. The van der Waals surface area contributed by atoms with E-state index in [2.05, 4.69) is 10.6 Å². The van der Waals surface area contributed by atoms with Crippen LogP contribution in [0, 0.1) is 0 Å². The highest BCUT2D eigenvalue weighted by Crippen LogP contribution is 2.15. The summed E-state index contributed by atoms with van der Waals surface area (Å²) in [5, 5.41) is 7.42. The highest BCUT2D eigenvalue weighted by atomic mass is 16.5. The van der Waals surface area contributed by atoms with E-state index in [1.165, 1.54) is 0 Å². The molecule has 5 nitrogen and oxygen atoms in total. The first kappa shape index (κ1) is 16.0. The third-order valence-electron chi connectivity index (χ3n) is 3.27. The van der Waals surface area contributed by atoms with Crippen LogP contribution >= 0.6 is 0 Å². The van der Waals surface area contributed by atoms with Gasteiger partial charge in [0.1, 0.15) is 0 Å². The van der Waals surface area contributed by atoms with Crippen LogP contribution in [0.25, 0.3) is 10.8 Å². The summed E-state index contributed by atoms with van der Waals surface area (Å²) < 4.78 is 4.89. The van der Waals surface area contributed by atoms with Crippen molar-refractivity contribution in [2.75, 3.05) is 26.8 Å². The van der Waals surface area contributed by atoms with Crippen LogP contribution < -0.4 is 10.6 Å². The Bertz CT molecular complexity index is 655. The molecule has 0 spiro atoms. The third kappa shape index (κ3) is 4.56. The SMILES string of the molecule is COCCCNC(=O)CNC(=O)c1ccc2ccccc2c1. The number of rotatable bonds is 7. The van der Waals surface area contributed by atoms with Gasteiger partial charge in [-0.25, -0.2) is 0 Å². The number of amides is 2. The maximum atomic E-state index is 12.1. The standard InChI is InChI=1S/C17H20N2O3/c1-22-10-4-9-18-16(20)12-19-17(21)15-8-7-13-5-2-3-6-14(13)11-15/h2-3,5-8,11H,4,9-10,12H2,1H3,(H,18,20)(H,19,21). The minimum absolute atomic E-state index is 0.0291. The average molecular weight is 300 g/mol. The third-order valence-corrected chi connectivity index (χ3v) is 3.27. The molecule has 0 atom stereocenters. The van der Waals surface area contributed by atoms with E-state index in [-0.39, 0.29) is 18.4 Å². The van der Waals surface area contributed by atoms with Gasteiger partial charge >= 0.3 is 0 Å². The highest BCUT2D eigenvalue weighted by Gasteiger charge is 2.08. The molecule has 0 unspecified atom stereocenters. The van der Waals surface area contributed by atoms with Gasteiger partial charge in [-0.1, -0.05) is 30.3 Å². The van der Waals surface area contributed by atoms with Gasteiger partial charge in [0.2, 0.25) is 5.91 Å². The number of benzene rings is 2. The van der Waals surface area contributed by atoms with Gasteiger partial charge < -0.3 is 15.4 Å². The second-order valence-corrected chi connectivity index (χ2v) is 4.94. The largest absolute Gasteiger partial charge is 0.385 e. The second-order valence-electron chi connectivity index (χ2n) is 4.94. The fraction of sp³-hybridized carbons (Fsp3) is 0.294. The van der Waals surface area contributed by atoms with E-state index >= 15 is 0 Å². The van der Waals surface area contributed by atoms with E-state index in [1.807, 2.05) is 36.4 Å². The van der Waals surface area contributed by atoms with Crippen LogP contribution in [0.15, 0.2) is 42.5 Å². The summed E-state index contributed by atoms with van der Waals surface area (Å²) in [5.41, 5.74) is 0.547. The molecule has 0 heterocycles. The van der Waals surface area contributed by atoms with Crippen molar-refractivity contribution in [3.05, 3.63) is 48.0 Å². The summed E-state index contributed by atoms with van der Waals surface area (Å²) in [4.78, 5) is 23.6. The summed E-state index contributed by atoms with van der Waals surface area (Å²) in [6, 6.07) is 13.3. The lowest BCUT2D eigenvalue weighted by atomic mass is 10.1. The number of hydrogen-bond donors (Lipinski definition) is 2. The molecule has 2 rings (SSSR count). The first-order chi connectivity index (χ1) is 10.7. The number of hydrogen-bond acceptors (Lipinski definition) is 3. The van der Waals surface area contributed by atoms with Gasteiger partial charge in [0.15, 0.2) is 0 Å². The average Bonchev–Trinajstić information content (AvgIpc) is 2.56. The van der Waals surface area contributed by atoms with Crippen LogP contribution in [0.4, 0.5) is 0 Å². The summed E-state index contributed by atoms with van der Waals surface area (Å²) >= 11 is 0. The van der Waals surface area contributed by atoms with Crippen molar-refractivity contribution < 1.29 is 14.3 Å². The van der Waals surface area contributed by atoms with Gasteiger partial charge in [-0.3, -0.25) is 9.59 Å². The monoisotopic (exact) mass is 300 g/mol. The lowest BCUT2D eigenvalue weighted by molar-refractivity contribution is -0.120. The fourth-order valence-electron chi connectivity index (χ4n) is 2.10. The Morgan fingerprint density at radius 3 is 2.59 bits per heavy atom. The molecule has 0 aliphatic rings. The Kier molecular flexibility index (Phi) is 5.91. The molecule has 2 amide bonds. The minimum Gasteiger partial charge on any atom is -0.385 e. The molecular formula is C17H20N2O3. The van der Waals surface area contributed by atoms with E-state index < -0.39 is 0 Å². The Labute approximate surface area is 129 Å². The zero-order valence-corrected chi connectivity index (χ0v) is 12.6. The lowest BCUT2D eigenvalue weighted by Crippen LogP contribution is -2.37. The summed E-state index contributed by atoms with van der Waals surface area (Å²) in [6.07, 6.45) is 0.751. The summed E-state index contributed by atoms with van der Waals surface area (Å²) in [6.45, 7) is 1.11. The molecular weight excluding hydrogens is 280 g/mol. The maximum Gasteiger partial charge on any atom is 0.251 e. The maximum absolute atomic E-state index is 12.1. The van der Waals surface area contributed by atoms with Gasteiger partial charge in [-0.05, 0) is 29.3 Å². The smallest absolute Gasteiger partial charge is 0.251 e. The molecule has 0 radical (unpaired) electrons. The van der Waals surface area contributed by atoms with Crippen molar-refractivity contribution in [2.24, 2.45) is 0 Å². The molecule has 0 saturated carbocycles. The number of nitrogens with one attached hydrogen (secondary N) is 2. The topological polar surface area (TPSA) is 67.4 Å². The van der Waals surface area contributed by atoms with E-state index in [1.54, 1.807) is 13.2 Å². The first-order valence-electron chi connectivity index (χ1n) is 7.23. The predicted molar refractivity (Wildman–Crippen MR) is 85.8 cm³/mol. The Morgan fingerprint density at radius 1 is 1.05 bits per heavy atom. The van der Waals surface area contributed by atoms with Gasteiger partial charge in [-0.15, -0.1) is 0 Å². The van der Waals surface area contributed by atoms with E-state index in [4.69, 9.17) is 4.74 Å². The fourth-order valence-corrected chi connectivity index (χ4v) is 2.10. The molecule has 0 aromatic heterocycles. The molecule has 5 heteroatoms. The molecule has 2 aromatic rings. The highest BCUT2D eigenvalue weighted by molar-refractivity contribution is 5.99. The molecule has 22 heavy (non-hydrogen) atoms. The molecule has 0 saturated heterocycles. The van der Waals surface area contributed by atoms with Crippen molar-refractivity contribution in [3.63, 3.8) is 0 Å². The van der Waals surface area contributed by atoms with Crippen molar-refractivity contribution in [1.82, 2.24) is 10.6 Å². The van der Waals surface area contributed by atoms with Crippen LogP contribution in [0.3, 0.4) is 0 Å². The zero-order chi connectivity index (χ0) is 15.8. The van der Waals surface area contributed by atoms with Crippen molar-refractivity contribution in [2.45, 2.75) is 6.42 Å². The molecule has 0 aliphatic heterocycles.